The van der Waals surface area contributed by atoms with Crippen LogP contribution >= 0.6 is 0 Å². The molecule has 0 amide bonds. The molecule has 1 aromatic rings. The zero-order chi connectivity index (χ0) is 17.2. The quantitative estimate of drug-likeness (QED) is 0.555. The molecular formula is C18H24O5. The maximum absolute atomic E-state index is 12.2. The molecule has 0 aliphatic carbocycles. The van der Waals surface area contributed by atoms with E-state index in [-0.39, 0.29) is 18.6 Å². The number of unbranched alkanes of at least 4 members (excludes halogenated alkanes) is 1. The van der Waals surface area contributed by atoms with Crippen molar-refractivity contribution in [2.75, 3.05) is 13.7 Å². The van der Waals surface area contributed by atoms with Gasteiger partial charge in [-0.2, -0.15) is 0 Å². The number of methoxy groups -OCH3 is 1. The molecule has 0 saturated heterocycles. The summed E-state index contributed by atoms with van der Waals surface area (Å²) in [5.74, 6) is -0.955. The van der Waals surface area contributed by atoms with Crippen LogP contribution in [-0.2, 0) is 14.3 Å². The fourth-order valence-electron chi connectivity index (χ4n) is 2.31. The molecule has 0 fully saturated rings. The molecule has 5 nitrogen and oxygen atoms in total. The van der Waals surface area contributed by atoms with E-state index in [2.05, 4.69) is 0 Å². The fraction of sp³-hybridized carbons (Fsp3) is 0.444. The van der Waals surface area contributed by atoms with Crippen molar-refractivity contribution in [1.29, 1.82) is 0 Å². The molecule has 0 unspecified atom stereocenters. The molecule has 5 heteroatoms. The summed E-state index contributed by atoms with van der Waals surface area (Å²) < 4.78 is 10.3. The van der Waals surface area contributed by atoms with Crippen LogP contribution in [0.15, 0.2) is 29.8 Å². The van der Waals surface area contributed by atoms with Gasteiger partial charge in [-0.05, 0) is 43.0 Å². The Morgan fingerprint density at radius 1 is 1.22 bits per heavy atom. The third-order valence-electron chi connectivity index (χ3n) is 3.41. The van der Waals surface area contributed by atoms with E-state index in [0.29, 0.717) is 17.7 Å². The van der Waals surface area contributed by atoms with Crippen molar-refractivity contribution in [2.45, 2.75) is 39.5 Å². The number of hydrogen-bond acceptors (Lipinski definition) is 4. The number of benzene rings is 1. The van der Waals surface area contributed by atoms with E-state index in [9.17, 15) is 9.59 Å². The summed E-state index contributed by atoms with van der Waals surface area (Å²) in [6.07, 6.45) is 2.06. The summed E-state index contributed by atoms with van der Waals surface area (Å²) in [6, 6.07) is 7.30. The van der Waals surface area contributed by atoms with Crippen molar-refractivity contribution in [2.24, 2.45) is 0 Å². The van der Waals surface area contributed by atoms with Crippen molar-refractivity contribution < 1.29 is 24.2 Å². The first-order valence-corrected chi connectivity index (χ1v) is 7.78. The van der Waals surface area contributed by atoms with Crippen molar-refractivity contribution in [3.05, 3.63) is 35.4 Å². The Morgan fingerprint density at radius 3 is 2.52 bits per heavy atom. The molecule has 0 heterocycles. The maximum Gasteiger partial charge on any atom is 0.334 e. The summed E-state index contributed by atoms with van der Waals surface area (Å²) in [5, 5.41) is 9.16. The van der Waals surface area contributed by atoms with Crippen molar-refractivity contribution in [3.63, 3.8) is 0 Å². The molecule has 23 heavy (non-hydrogen) atoms. The van der Waals surface area contributed by atoms with Crippen LogP contribution in [0.5, 0.6) is 5.75 Å². The molecule has 0 atom stereocenters. The van der Waals surface area contributed by atoms with Crippen LogP contribution in [0.4, 0.5) is 0 Å². The number of hydrogen-bond donors (Lipinski definition) is 1. The van der Waals surface area contributed by atoms with Crippen LogP contribution in [-0.4, -0.2) is 30.8 Å². The predicted octanol–water partition coefficient (Wildman–Crippen LogP) is 3.68. The molecule has 1 aromatic carbocycles. The van der Waals surface area contributed by atoms with Crippen molar-refractivity contribution in [3.8, 4) is 5.75 Å². The first-order chi connectivity index (χ1) is 11.0. The van der Waals surface area contributed by atoms with Crippen molar-refractivity contribution in [1.82, 2.24) is 0 Å². The summed E-state index contributed by atoms with van der Waals surface area (Å²) in [4.78, 5) is 23.4. The van der Waals surface area contributed by atoms with Crippen LogP contribution in [0.2, 0.25) is 0 Å². The number of ether oxygens (including phenoxy) is 2. The topological polar surface area (TPSA) is 72.8 Å². The van der Waals surface area contributed by atoms with Crippen LogP contribution in [0.3, 0.4) is 0 Å². The van der Waals surface area contributed by atoms with E-state index in [4.69, 9.17) is 14.6 Å². The molecule has 0 bridgehead atoms. The Labute approximate surface area is 136 Å². The minimum atomic E-state index is -1.05. The highest BCUT2D eigenvalue weighted by atomic mass is 16.5. The number of carbonyl (C=O) groups excluding carboxylic acids is 1. The van der Waals surface area contributed by atoms with E-state index >= 15 is 0 Å². The standard InChI is InChI=1S/C18H24O5/c1-4-6-10-15(13-8-7-9-14(11-13)22-3)16(12-17(19)20)18(21)23-5-2/h7-9,11H,4-6,10,12H2,1-3H3,(H,19,20). The van der Waals surface area contributed by atoms with Gasteiger partial charge in [-0.25, -0.2) is 4.79 Å². The first-order valence-electron chi connectivity index (χ1n) is 7.78. The second-order valence-corrected chi connectivity index (χ2v) is 5.08. The van der Waals surface area contributed by atoms with Gasteiger partial charge < -0.3 is 14.6 Å². The van der Waals surface area contributed by atoms with Crippen LogP contribution in [0.1, 0.15) is 45.1 Å². The number of rotatable bonds is 9. The molecule has 0 aliphatic rings. The van der Waals surface area contributed by atoms with Gasteiger partial charge in [0.25, 0.3) is 0 Å². The Balaban J connectivity index is 3.39. The molecule has 0 saturated carbocycles. The SMILES string of the molecule is CCCCC(=C(CC(=O)O)C(=O)OCC)c1cccc(OC)c1. The van der Waals surface area contributed by atoms with Gasteiger partial charge in [-0.1, -0.05) is 25.5 Å². The van der Waals surface area contributed by atoms with Crippen LogP contribution in [0, 0.1) is 0 Å². The molecule has 0 aliphatic heterocycles. The Kier molecular flexibility index (Phi) is 7.88. The number of allylic oxidation sites excluding steroid dienone is 1. The lowest BCUT2D eigenvalue weighted by molar-refractivity contribution is -0.142. The largest absolute Gasteiger partial charge is 0.497 e. The molecule has 0 aromatic heterocycles. The van der Waals surface area contributed by atoms with Gasteiger partial charge in [-0.3, -0.25) is 4.79 Å². The number of carbonyl (C=O) groups is 2. The number of aliphatic carboxylic acids is 1. The maximum atomic E-state index is 12.2. The monoisotopic (exact) mass is 320 g/mol. The highest BCUT2D eigenvalue weighted by Crippen LogP contribution is 2.29. The minimum Gasteiger partial charge on any atom is -0.497 e. The van der Waals surface area contributed by atoms with Gasteiger partial charge in [0.15, 0.2) is 0 Å². The molecular weight excluding hydrogens is 296 g/mol. The van der Waals surface area contributed by atoms with Gasteiger partial charge in [0.1, 0.15) is 5.75 Å². The van der Waals surface area contributed by atoms with Crippen LogP contribution < -0.4 is 4.74 Å². The second-order valence-electron chi connectivity index (χ2n) is 5.08. The lowest BCUT2D eigenvalue weighted by Gasteiger charge is -2.15. The van der Waals surface area contributed by atoms with E-state index < -0.39 is 11.9 Å². The molecule has 0 spiro atoms. The van der Waals surface area contributed by atoms with E-state index in [0.717, 1.165) is 18.4 Å². The number of carboxylic acid groups (broad SMARTS) is 1. The number of carboxylic acids is 1. The first kappa shape index (κ1) is 18.7. The smallest absolute Gasteiger partial charge is 0.334 e. The van der Waals surface area contributed by atoms with Gasteiger partial charge >= 0.3 is 11.9 Å². The summed E-state index contributed by atoms with van der Waals surface area (Å²) in [7, 11) is 1.57. The minimum absolute atomic E-state index is 0.209. The zero-order valence-electron chi connectivity index (χ0n) is 13.9. The molecule has 126 valence electrons. The summed E-state index contributed by atoms with van der Waals surface area (Å²) in [6.45, 7) is 3.96. The lowest BCUT2D eigenvalue weighted by atomic mass is 9.93. The van der Waals surface area contributed by atoms with Gasteiger partial charge in [0.05, 0.1) is 25.7 Å². The average molecular weight is 320 g/mol. The molecule has 0 radical (unpaired) electrons. The second kappa shape index (κ2) is 9.66. The van der Waals surface area contributed by atoms with E-state index in [1.807, 2.05) is 31.2 Å². The zero-order valence-corrected chi connectivity index (χ0v) is 13.9. The summed E-state index contributed by atoms with van der Waals surface area (Å²) >= 11 is 0. The highest BCUT2D eigenvalue weighted by Gasteiger charge is 2.21. The number of esters is 1. The van der Waals surface area contributed by atoms with Crippen LogP contribution in [0.25, 0.3) is 5.57 Å². The van der Waals surface area contributed by atoms with E-state index in [1.165, 1.54) is 0 Å². The lowest BCUT2D eigenvalue weighted by Crippen LogP contribution is -2.14. The van der Waals surface area contributed by atoms with Gasteiger partial charge in [0, 0.05) is 0 Å². The third kappa shape index (κ3) is 5.77. The Hall–Kier alpha value is -2.30. The highest BCUT2D eigenvalue weighted by molar-refractivity contribution is 6.01. The van der Waals surface area contributed by atoms with Gasteiger partial charge in [-0.15, -0.1) is 0 Å². The van der Waals surface area contributed by atoms with E-state index in [1.54, 1.807) is 14.0 Å². The third-order valence-corrected chi connectivity index (χ3v) is 3.41. The fourth-order valence-corrected chi connectivity index (χ4v) is 2.31. The predicted molar refractivity (Wildman–Crippen MR) is 88.3 cm³/mol. The average Bonchev–Trinajstić information content (AvgIpc) is 2.54. The Morgan fingerprint density at radius 2 is 1.96 bits per heavy atom. The summed E-state index contributed by atoms with van der Waals surface area (Å²) in [5.41, 5.74) is 1.72. The van der Waals surface area contributed by atoms with Crippen molar-refractivity contribution >= 4 is 17.5 Å². The molecule has 1 rings (SSSR count). The van der Waals surface area contributed by atoms with Gasteiger partial charge in [0.2, 0.25) is 0 Å². The normalized spacial score (nSPS) is 11.6. The molecule has 1 N–H and O–H groups in total. The Bertz CT molecular complexity index is 575.